The Hall–Kier alpha value is -3.23. The molecule has 29 heavy (non-hydrogen) atoms. The summed E-state index contributed by atoms with van der Waals surface area (Å²) < 4.78 is 38.5. The first-order valence-corrected chi connectivity index (χ1v) is 10.5. The maximum atomic E-state index is 12.6. The van der Waals surface area contributed by atoms with Crippen molar-refractivity contribution in [3.8, 4) is 22.8 Å². The Morgan fingerprint density at radius 2 is 1.76 bits per heavy atom. The van der Waals surface area contributed by atoms with Gasteiger partial charge in [-0.3, -0.25) is 0 Å². The lowest BCUT2D eigenvalue weighted by Crippen LogP contribution is -2.23. The maximum Gasteiger partial charge on any atom is 0.258 e. The second kappa shape index (κ2) is 7.65. The minimum Gasteiger partial charge on any atom is -0.465 e. The molecule has 0 spiro atoms. The van der Waals surface area contributed by atoms with Crippen LogP contribution in [0.2, 0.25) is 0 Å². The van der Waals surface area contributed by atoms with Crippen molar-refractivity contribution in [2.24, 2.45) is 0 Å². The van der Waals surface area contributed by atoms with Gasteiger partial charge in [-0.05, 0) is 44.2 Å². The van der Waals surface area contributed by atoms with Crippen molar-refractivity contribution in [2.45, 2.75) is 25.3 Å². The van der Waals surface area contributed by atoms with Crippen LogP contribution in [0.3, 0.4) is 0 Å². The van der Waals surface area contributed by atoms with Gasteiger partial charge < -0.3 is 8.94 Å². The number of rotatable bonds is 6. The van der Waals surface area contributed by atoms with Gasteiger partial charge in [0.05, 0.1) is 11.4 Å². The molecule has 0 unspecified atom stereocenters. The molecule has 7 nitrogen and oxygen atoms in total. The largest absolute Gasteiger partial charge is 0.465 e. The van der Waals surface area contributed by atoms with E-state index in [0.717, 1.165) is 16.9 Å². The van der Waals surface area contributed by atoms with E-state index >= 15 is 0 Å². The summed E-state index contributed by atoms with van der Waals surface area (Å²) in [5.74, 6) is 1.96. The van der Waals surface area contributed by atoms with Crippen LogP contribution < -0.4 is 4.72 Å². The molecule has 2 heterocycles. The summed E-state index contributed by atoms with van der Waals surface area (Å²) in [5.41, 5.74) is 2.48. The second-order valence-electron chi connectivity index (χ2n) is 6.65. The molecular weight excluding hydrogens is 390 g/mol. The molecule has 0 saturated carbocycles. The van der Waals surface area contributed by atoms with E-state index in [4.69, 9.17) is 8.94 Å². The fourth-order valence-electron chi connectivity index (χ4n) is 2.79. The van der Waals surface area contributed by atoms with Gasteiger partial charge in [0.2, 0.25) is 15.8 Å². The van der Waals surface area contributed by atoms with Gasteiger partial charge in [-0.1, -0.05) is 41.1 Å². The number of furan rings is 1. The van der Waals surface area contributed by atoms with Crippen LogP contribution in [0.25, 0.3) is 22.8 Å². The maximum absolute atomic E-state index is 12.6. The number of nitrogens with zero attached hydrogens (tertiary/aromatic N) is 2. The molecule has 2 aromatic carbocycles. The fourth-order valence-corrected chi connectivity index (χ4v) is 3.83. The molecule has 0 radical (unpaired) electrons. The number of aryl methyl sites for hydroxylation is 2. The highest BCUT2D eigenvalue weighted by atomic mass is 32.2. The molecular formula is C21H19N3O4S. The Balaban J connectivity index is 1.56. The predicted molar refractivity (Wildman–Crippen MR) is 107 cm³/mol. The zero-order chi connectivity index (χ0) is 20.4. The smallest absolute Gasteiger partial charge is 0.258 e. The summed E-state index contributed by atoms with van der Waals surface area (Å²) in [7, 11) is -3.73. The highest BCUT2D eigenvalue weighted by Crippen LogP contribution is 2.24. The summed E-state index contributed by atoms with van der Waals surface area (Å²) in [6.45, 7) is 3.87. The van der Waals surface area contributed by atoms with Crippen LogP contribution in [-0.2, 0) is 16.6 Å². The van der Waals surface area contributed by atoms with Crippen molar-refractivity contribution < 1.29 is 17.4 Å². The Morgan fingerprint density at radius 1 is 0.966 bits per heavy atom. The summed E-state index contributed by atoms with van der Waals surface area (Å²) in [6, 6.07) is 17.6. The van der Waals surface area contributed by atoms with Gasteiger partial charge in [-0.2, -0.15) is 4.98 Å². The van der Waals surface area contributed by atoms with Crippen molar-refractivity contribution in [1.82, 2.24) is 14.9 Å². The minimum absolute atomic E-state index is 0.0680. The first-order valence-electron chi connectivity index (χ1n) is 8.97. The van der Waals surface area contributed by atoms with Crippen molar-refractivity contribution in [3.63, 3.8) is 0 Å². The van der Waals surface area contributed by atoms with Gasteiger partial charge in [-0.25, -0.2) is 13.1 Å². The summed E-state index contributed by atoms with van der Waals surface area (Å²) in [4.78, 5) is 4.50. The molecule has 4 rings (SSSR count). The molecule has 0 aliphatic carbocycles. The van der Waals surface area contributed by atoms with Crippen LogP contribution in [0.5, 0.6) is 0 Å². The highest BCUT2D eigenvalue weighted by molar-refractivity contribution is 7.89. The van der Waals surface area contributed by atoms with Gasteiger partial charge in [0.25, 0.3) is 5.89 Å². The average Bonchev–Trinajstić information content (AvgIpc) is 3.37. The van der Waals surface area contributed by atoms with E-state index in [9.17, 15) is 8.42 Å². The van der Waals surface area contributed by atoms with Gasteiger partial charge in [0.15, 0.2) is 0 Å². The average molecular weight is 409 g/mol. The molecule has 4 aromatic rings. The summed E-state index contributed by atoms with van der Waals surface area (Å²) >= 11 is 0. The molecule has 0 bridgehead atoms. The van der Waals surface area contributed by atoms with E-state index in [1.165, 1.54) is 12.1 Å². The Bertz CT molecular complexity index is 1240. The third-order valence-electron chi connectivity index (χ3n) is 4.36. The number of aromatic nitrogens is 2. The molecule has 0 saturated heterocycles. The van der Waals surface area contributed by atoms with E-state index in [1.807, 2.05) is 31.2 Å². The van der Waals surface area contributed by atoms with Crippen LogP contribution >= 0.6 is 0 Å². The van der Waals surface area contributed by atoms with Crippen LogP contribution in [-0.4, -0.2) is 18.6 Å². The van der Waals surface area contributed by atoms with Crippen LogP contribution in [0, 0.1) is 13.8 Å². The van der Waals surface area contributed by atoms with Crippen molar-refractivity contribution >= 4 is 10.0 Å². The summed E-state index contributed by atoms with van der Waals surface area (Å²) in [6.07, 6.45) is 0. The monoisotopic (exact) mass is 409 g/mol. The minimum atomic E-state index is -3.73. The quantitative estimate of drug-likeness (QED) is 0.515. The number of sulfonamides is 1. The molecule has 0 aliphatic heterocycles. The summed E-state index contributed by atoms with van der Waals surface area (Å²) in [5, 5.41) is 4.00. The predicted octanol–water partition coefficient (Wildman–Crippen LogP) is 4.09. The normalized spacial score (nSPS) is 11.7. The van der Waals surface area contributed by atoms with E-state index < -0.39 is 10.0 Å². The van der Waals surface area contributed by atoms with E-state index in [-0.39, 0.29) is 17.3 Å². The number of nitrogens with one attached hydrogen (secondary N) is 1. The third kappa shape index (κ3) is 4.28. The molecule has 0 fully saturated rings. The van der Waals surface area contributed by atoms with Crippen molar-refractivity contribution in [2.75, 3.05) is 0 Å². The van der Waals surface area contributed by atoms with Crippen LogP contribution in [0.1, 0.15) is 17.1 Å². The van der Waals surface area contributed by atoms with E-state index in [2.05, 4.69) is 14.9 Å². The second-order valence-corrected chi connectivity index (χ2v) is 8.42. The lowest BCUT2D eigenvalue weighted by molar-refractivity contribution is 0.432. The fraction of sp³-hybridized carbons (Fsp3) is 0.143. The van der Waals surface area contributed by atoms with E-state index in [1.54, 1.807) is 31.2 Å². The Morgan fingerprint density at radius 3 is 2.48 bits per heavy atom. The molecule has 0 amide bonds. The lowest BCUT2D eigenvalue weighted by atomic mass is 10.1. The number of hydrogen-bond donors (Lipinski definition) is 1. The zero-order valence-corrected chi connectivity index (χ0v) is 16.7. The molecule has 1 N–H and O–H groups in total. The molecule has 0 atom stereocenters. The van der Waals surface area contributed by atoms with Crippen molar-refractivity contribution in [1.29, 1.82) is 0 Å². The van der Waals surface area contributed by atoms with E-state index in [0.29, 0.717) is 17.1 Å². The van der Waals surface area contributed by atoms with Gasteiger partial charge >= 0.3 is 0 Å². The standard InChI is InChI=1S/C21H19N3O4S/c1-14-6-9-16(10-7-14)20-23-21(28-24-20)17-4-3-5-19(12-17)29(25,26)22-13-18-11-8-15(2)27-18/h3-12,22H,13H2,1-2H3. The molecule has 148 valence electrons. The van der Waals surface area contributed by atoms with Gasteiger partial charge in [0, 0.05) is 11.1 Å². The number of hydrogen-bond acceptors (Lipinski definition) is 6. The first-order chi connectivity index (χ1) is 13.9. The van der Waals surface area contributed by atoms with Crippen LogP contribution in [0.4, 0.5) is 0 Å². The Labute approximate surface area is 168 Å². The third-order valence-corrected chi connectivity index (χ3v) is 5.76. The Kier molecular flexibility index (Phi) is 5.04. The van der Waals surface area contributed by atoms with Crippen LogP contribution in [0.15, 0.2) is 74.5 Å². The van der Waals surface area contributed by atoms with Gasteiger partial charge in [0.1, 0.15) is 11.5 Å². The number of benzene rings is 2. The SMILES string of the molecule is Cc1ccc(-c2noc(-c3cccc(S(=O)(=O)NCc4ccc(C)o4)c3)n2)cc1. The molecule has 0 aliphatic rings. The van der Waals surface area contributed by atoms with Gasteiger partial charge in [-0.15, -0.1) is 0 Å². The van der Waals surface area contributed by atoms with Crippen molar-refractivity contribution in [3.05, 3.63) is 77.7 Å². The first kappa shape index (κ1) is 19.1. The highest BCUT2D eigenvalue weighted by Gasteiger charge is 2.17. The zero-order valence-electron chi connectivity index (χ0n) is 15.9. The topological polar surface area (TPSA) is 98.2 Å². The molecule has 8 heteroatoms. The molecule has 2 aromatic heterocycles. The lowest BCUT2D eigenvalue weighted by Gasteiger charge is -2.06.